The quantitative estimate of drug-likeness (QED) is 0.684. The fraction of sp³-hybridized carbons (Fsp3) is 0.222. The summed E-state index contributed by atoms with van der Waals surface area (Å²) in [5.74, 6) is -1.89. The molecule has 0 bridgehead atoms. The van der Waals surface area contributed by atoms with E-state index < -0.39 is 34.3 Å². The van der Waals surface area contributed by atoms with Crippen molar-refractivity contribution in [2.45, 2.75) is 6.92 Å². The summed E-state index contributed by atoms with van der Waals surface area (Å²) in [6, 6.07) is 9.03. The Morgan fingerprint density at radius 3 is 2.50 bits per heavy atom. The number of amides is 1. The summed E-state index contributed by atoms with van der Waals surface area (Å²) in [5, 5.41) is 2.55. The van der Waals surface area contributed by atoms with Crippen molar-refractivity contribution in [3.63, 3.8) is 0 Å². The van der Waals surface area contributed by atoms with Gasteiger partial charge in [0.15, 0.2) is 0 Å². The molecule has 0 saturated heterocycles. The molecule has 150 valence electrons. The van der Waals surface area contributed by atoms with Crippen LogP contribution in [0.3, 0.4) is 0 Å². The molecule has 2 aromatic rings. The van der Waals surface area contributed by atoms with Crippen LogP contribution in [0.4, 0.5) is 15.8 Å². The van der Waals surface area contributed by atoms with Crippen molar-refractivity contribution in [1.82, 2.24) is 0 Å². The van der Waals surface area contributed by atoms with E-state index in [0.717, 1.165) is 22.7 Å². The molecular formula is C18H18ClFN2O5S. The Hall–Kier alpha value is -2.65. The maximum atomic E-state index is 13.4. The summed E-state index contributed by atoms with van der Waals surface area (Å²) in [4.78, 5) is 24.0. The van der Waals surface area contributed by atoms with Gasteiger partial charge in [0.2, 0.25) is 15.9 Å². The summed E-state index contributed by atoms with van der Waals surface area (Å²) in [7, 11) is -3.84. The van der Waals surface area contributed by atoms with E-state index in [4.69, 9.17) is 16.3 Å². The van der Waals surface area contributed by atoms with E-state index in [-0.39, 0.29) is 28.6 Å². The number of esters is 1. The molecular weight excluding hydrogens is 411 g/mol. The molecule has 7 nitrogen and oxygen atoms in total. The third-order valence-electron chi connectivity index (χ3n) is 3.54. The zero-order valence-corrected chi connectivity index (χ0v) is 16.7. The summed E-state index contributed by atoms with van der Waals surface area (Å²) in [6.07, 6.45) is 0.909. The number of nitrogens with zero attached hydrogens (tertiary/aromatic N) is 1. The molecule has 2 aromatic carbocycles. The molecule has 0 aliphatic heterocycles. The number of halogens is 2. The maximum Gasteiger partial charge on any atom is 0.338 e. The zero-order valence-electron chi connectivity index (χ0n) is 15.1. The lowest BCUT2D eigenvalue weighted by Gasteiger charge is -2.22. The lowest BCUT2D eigenvalue weighted by Crippen LogP contribution is -2.37. The first kappa shape index (κ1) is 21.6. The highest BCUT2D eigenvalue weighted by atomic mass is 35.5. The molecule has 0 unspecified atom stereocenters. The molecule has 0 atom stereocenters. The SMILES string of the molecule is CCOC(=O)c1ccc(NC(=O)CN(c2cccc(F)c2)S(C)(=O)=O)c(Cl)c1. The lowest BCUT2D eigenvalue weighted by molar-refractivity contribution is -0.114. The van der Waals surface area contributed by atoms with Gasteiger partial charge in [0, 0.05) is 0 Å². The Bertz CT molecular complexity index is 997. The number of carbonyl (C=O) groups is 2. The van der Waals surface area contributed by atoms with Crippen LogP contribution in [0.25, 0.3) is 0 Å². The van der Waals surface area contributed by atoms with Crippen molar-refractivity contribution in [2.24, 2.45) is 0 Å². The number of nitrogens with one attached hydrogen (secondary N) is 1. The fourth-order valence-electron chi connectivity index (χ4n) is 2.31. The summed E-state index contributed by atoms with van der Waals surface area (Å²) < 4.78 is 43.1. The van der Waals surface area contributed by atoms with Crippen molar-refractivity contribution >= 4 is 44.9 Å². The first-order valence-corrected chi connectivity index (χ1v) is 10.3. The highest BCUT2D eigenvalue weighted by Crippen LogP contribution is 2.24. The van der Waals surface area contributed by atoms with Gasteiger partial charge < -0.3 is 10.1 Å². The van der Waals surface area contributed by atoms with E-state index in [1.54, 1.807) is 6.92 Å². The van der Waals surface area contributed by atoms with Crippen LogP contribution in [0.15, 0.2) is 42.5 Å². The minimum absolute atomic E-state index is 0.0152. The minimum atomic E-state index is -3.84. The first-order chi connectivity index (χ1) is 13.1. The second-order valence-corrected chi connectivity index (χ2v) is 8.03. The third kappa shape index (κ3) is 5.67. The maximum absolute atomic E-state index is 13.4. The van der Waals surface area contributed by atoms with Gasteiger partial charge >= 0.3 is 5.97 Å². The van der Waals surface area contributed by atoms with Crippen LogP contribution >= 0.6 is 11.6 Å². The van der Waals surface area contributed by atoms with Crippen LogP contribution in [0.1, 0.15) is 17.3 Å². The summed E-state index contributed by atoms with van der Waals surface area (Å²) in [6.45, 7) is 1.29. The Kier molecular flexibility index (Phi) is 6.98. The molecule has 0 aliphatic rings. The molecule has 0 radical (unpaired) electrons. The van der Waals surface area contributed by atoms with Gasteiger partial charge in [0.05, 0.1) is 34.8 Å². The monoisotopic (exact) mass is 428 g/mol. The van der Waals surface area contributed by atoms with Crippen molar-refractivity contribution < 1.29 is 27.1 Å². The fourth-order valence-corrected chi connectivity index (χ4v) is 3.39. The lowest BCUT2D eigenvalue weighted by atomic mass is 10.2. The standard InChI is InChI=1S/C18H18ClFN2O5S/c1-3-27-18(24)12-7-8-16(15(19)9-12)21-17(23)11-22(28(2,25)26)14-6-4-5-13(20)10-14/h4-10H,3,11H2,1-2H3,(H,21,23). The third-order valence-corrected chi connectivity index (χ3v) is 4.99. The van der Waals surface area contributed by atoms with E-state index >= 15 is 0 Å². The summed E-state index contributed by atoms with van der Waals surface area (Å²) >= 11 is 6.08. The van der Waals surface area contributed by atoms with Gasteiger partial charge in [-0.05, 0) is 43.3 Å². The molecule has 0 spiro atoms. The van der Waals surface area contributed by atoms with Crippen LogP contribution in [0.5, 0.6) is 0 Å². The van der Waals surface area contributed by atoms with Gasteiger partial charge in [0.1, 0.15) is 12.4 Å². The Balaban J connectivity index is 2.18. The molecule has 0 saturated carbocycles. The van der Waals surface area contributed by atoms with E-state index in [2.05, 4.69) is 5.32 Å². The molecule has 1 amide bonds. The number of hydrogen-bond acceptors (Lipinski definition) is 5. The predicted octanol–water partition coefficient (Wildman–Crippen LogP) is 3.06. The van der Waals surface area contributed by atoms with Gasteiger partial charge in [0.25, 0.3) is 0 Å². The van der Waals surface area contributed by atoms with Gasteiger partial charge in [-0.15, -0.1) is 0 Å². The minimum Gasteiger partial charge on any atom is -0.462 e. The van der Waals surface area contributed by atoms with E-state index in [9.17, 15) is 22.4 Å². The van der Waals surface area contributed by atoms with E-state index in [1.165, 1.54) is 30.3 Å². The average Bonchev–Trinajstić information content (AvgIpc) is 2.60. The number of carbonyl (C=O) groups excluding carboxylic acids is 2. The van der Waals surface area contributed by atoms with Crippen molar-refractivity contribution in [3.05, 3.63) is 58.9 Å². The number of ether oxygens (including phenoxy) is 1. The molecule has 28 heavy (non-hydrogen) atoms. The Morgan fingerprint density at radius 2 is 1.93 bits per heavy atom. The van der Waals surface area contributed by atoms with Crippen LogP contribution in [0, 0.1) is 5.82 Å². The second-order valence-electron chi connectivity index (χ2n) is 5.71. The Morgan fingerprint density at radius 1 is 1.21 bits per heavy atom. The number of anilines is 2. The van der Waals surface area contributed by atoms with Gasteiger partial charge in [-0.2, -0.15) is 0 Å². The van der Waals surface area contributed by atoms with Crippen LogP contribution in [-0.2, 0) is 19.6 Å². The van der Waals surface area contributed by atoms with Gasteiger partial charge in [-0.3, -0.25) is 9.10 Å². The Labute approximate surface area is 167 Å². The molecule has 10 heteroatoms. The molecule has 0 heterocycles. The molecule has 1 N–H and O–H groups in total. The molecule has 0 aromatic heterocycles. The van der Waals surface area contributed by atoms with Crippen LogP contribution in [-0.4, -0.2) is 39.7 Å². The molecule has 2 rings (SSSR count). The van der Waals surface area contributed by atoms with E-state index in [1.807, 2.05) is 0 Å². The second kappa shape index (κ2) is 9.03. The number of rotatable bonds is 7. The van der Waals surface area contributed by atoms with Crippen LogP contribution < -0.4 is 9.62 Å². The molecule has 0 aliphatic carbocycles. The van der Waals surface area contributed by atoms with Crippen molar-refractivity contribution in [2.75, 3.05) is 29.0 Å². The highest BCUT2D eigenvalue weighted by molar-refractivity contribution is 7.92. The predicted molar refractivity (Wildman–Crippen MR) is 105 cm³/mol. The number of hydrogen-bond donors (Lipinski definition) is 1. The summed E-state index contributed by atoms with van der Waals surface area (Å²) in [5.41, 5.74) is 0.413. The van der Waals surface area contributed by atoms with Gasteiger partial charge in [-0.1, -0.05) is 17.7 Å². The zero-order chi connectivity index (χ0) is 20.9. The largest absolute Gasteiger partial charge is 0.462 e. The number of benzene rings is 2. The normalized spacial score (nSPS) is 11.0. The highest BCUT2D eigenvalue weighted by Gasteiger charge is 2.22. The first-order valence-electron chi connectivity index (χ1n) is 8.11. The van der Waals surface area contributed by atoms with Crippen LogP contribution in [0.2, 0.25) is 5.02 Å². The topological polar surface area (TPSA) is 92.8 Å². The number of sulfonamides is 1. The van der Waals surface area contributed by atoms with Crippen molar-refractivity contribution in [1.29, 1.82) is 0 Å². The van der Waals surface area contributed by atoms with Gasteiger partial charge in [-0.25, -0.2) is 17.6 Å². The van der Waals surface area contributed by atoms with Crippen molar-refractivity contribution in [3.8, 4) is 0 Å². The van der Waals surface area contributed by atoms with E-state index in [0.29, 0.717) is 0 Å². The smallest absolute Gasteiger partial charge is 0.338 e. The average molecular weight is 429 g/mol. The molecule has 0 fully saturated rings.